The van der Waals surface area contributed by atoms with Crippen molar-refractivity contribution in [3.63, 3.8) is 0 Å². The summed E-state index contributed by atoms with van der Waals surface area (Å²) in [5, 5.41) is 2.98. The highest BCUT2D eigenvalue weighted by Gasteiger charge is 2.24. The van der Waals surface area contributed by atoms with Crippen LogP contribution in [0.15, 0.2) is 0 Å². The van der Waals surface area contributed by atoms with Crippen LogP contribution in [0.25, 0.3) is 0 Å². The molecule has 3 nitrogen and oxygen atoms in total. The lowest BCUT2D eigenvalue weighted by atomic mass is 9.87. The van der Waals surface area contributed by atoms with Gasteiger partial charge in [-0.25, -0.2) is 4.79 Å². The average Bonchev–Trinajstić information content (AvgIpc) is 2.26. The highest BCUT2D eigenvalue weighted by atomic mass is 16.2. The Kier molecular flexibility index (Phi) is 5.10. The maximum atomic E-state index is 11.8. The molecule has 1 rings (SSSR count). The van der Waals surface area contributed by atoms with E-state index in [1.54, 1.807) is 0 Å². The molecule has 0 aromatic carbocycles. The van der Waals surface area contributed by atoms with Gasteiger partial charge in [0.1, 0.15) is 0 Å². The second-order valence-electron chi connectivity index (χ2n) is 5.65. The van der Waals surface area contributed by atoms with Crippen molar-refractivity contribution in [2.45, 2.75) is 40.5 Å². The van der Waals surface area contributed by atoms with Crippen molar-refractivity contribution in [3.8, 4) is 0 Å². The second kappa shape index (κ2) is 6.12. The molecule has 1 aliphatic heterocycles. The first-order chi connectivity index (χ1) is 7.50. The maximum Gasteiger partial charge on any atom is 0.317 e. The zero-order chi connectivity index (χ0) is 12.1. The second-order valence-corrected chi connectivity index (χ2v) is 5.65. The van der Waals surface area contributed by atoms with Crippen LogP contribution in [0.4, 0.5) is 4.79 Å². The molecule has 1 saturated heterocycles. The predicted molar refractivity (Wildman–Crippen MR) is 67.4 cm³/mol. The lowest BCUT2D eigenvalue weighted by Crippen LogP contribution is -2.45. The third-order valence-corrected chi connectivity index (χ3v) is 3.43. The number of piperidine rings is 1. The molecule has 16 heavy (non-hydrogen) atoms. The largest absolute Gasteiger partial charge is 0.338 e. The molecule has 1 heterocycles. The standard InChI is InChI=1S/C13H26N2O/c1-10(2)9-14-13(16)15-7-5-12(6-8-15)11(3)4/h10-12H,5-9H2,1-4H3,(H,14,16). The van der Waals surface area contributed by atoms with Gasteiger partial charge < -0.3 is 10.2 Å². The number of hydrogen-bond acceptors (Lipinski definition) is 1. The van der Waals surface area contributed by atoms with E-state index in [-0.39, 0.29) is 6.03 Å². The highest BCUT2D eigenvalue weighted by molar-refractivity contribution is 5.74. The minimum absolute atomic E-state index is 0.121. The first kappa shape index (κ1) is 13.3. The molecule has 0 bridgehead atoms. The Bertz CT molecular complexity index is 218. The molecule has 1 N–H and O–H groups in total. The number of rotatable bonds is 3. The molecular formula is C13H26N2O. The zero-order valence-corrected chi connectivity index (χ0v) is 11.1. The number of urea groups is 1. The summed E-state index contributed by atoms with van der Waals surface area (Å²) >= 11 is 0. The van der Waals surface area contributed by atoms with Crippen LogP contribution >= 0.6 is 0 Å². The molecule has 0 atom stereocenters. The van der Waals surface area contributed by atoms with Crippen LogP contribution in [0, 0.1) is 17.8 Å². The SMILES string of the molecule is CC(C)CNC(=O)N1CCC(C(C)C)CC1. The summed E-state index contributed by atoms with van der Waals surface area (Å²) in [6.45, 7) is 11.4. The molecule has 0 spiro atoms. The molecule has 0 radical (unpaired) electrons. The minimum atomic E-state index is 0.121. The van der Waals surface area contributed by atoms with E-state index < -0.39 is 0 Å². The van der Waals surface area contributed by atoms with Gasteiger partial charge in [0.2, 0.25) is 0 Å². The lowest BCUT2D eigenvalue weighted by Gasteiger charge is -2.34. The highest BCUT2D eigenvalue weighted by Crippen LogP contribution is 2.24. The summed E-state index contributed by atoms with van der Waals surface area (Å²) in [4.78, 5) is 13.8. The fourth-order valence-corrected chi connectivity index (χ4v) is 2.17. The van der Waals surface area contributed by atoms with E-state index in [0.717, 1.165) is 44.3 Å². The third kappa shape index (κ3) is 4.03. The van der Waals surface area contributed by atoms with E-state index in [0.29, 0.717) is 5.92 Å². The van der Waals surface area contributed by atoms with Gasteiger partial charge in [-0.1, -0.05) is 27.7 Å². The Morgan fingerprint density at radius 1 is 1.25 bits per heavy atom. The van der Waals surface area contributed by atoms with Crippen LogP contribution in [0.1, 0.15) is 40.5 Å². The van der Waals surface area contributed by atoms with Crippen LogP contribution in [-0.2, 0) is 0 Å². The van der Waals surface area contributed by atoms with Gasteiger partial charge in [0.15, 0.2) is 0 Å². The van der Waals surface area contributed by atoms with Crippen molar-refractivity contribution in [2.24, 2.45) is 17.8 Å². The van der Waals surface area contributed by atoms with E-state index in [9.17, 15) is 4.79 Å². The fourth-order valence-electron chi connectivity index (χ4n) is 2.17. The van der Waals surface area contributed by atoms with E-state index in [4.69, 9.17) is 0 Å². The van der Waals surface area contributed by atoms with E-state index >= 15 is 0 Å². The van der Waals surface area contributed by atoms with Gasteiger partial charge in [-0.2, -0.15) is 0 Å². The topological polar surface area (TPSA) is 32.3 Å². The predicted octanol–water partition coefficient (Wildman–Crippen LogP) is 2.72. The summed E-state index contributed by atoms with van der Waals surface area (Å²) in [6, 6.07) is 0.121. The summed E-state index contributed by atoms with van der Waals surface area (Å²) in [6.07, 6.45) is 2.32. The van der Waals surface area contributed by atoms with Crippen molar-refractivity contribution in [1.29, 1.82) is 0 Å². The number of nitrogens with one attached hydrogen (secondary N) is 1. The summed E-state index contributed by atoms with van der Waals surface area (Å²) in [5.74, 6) is 2.08. The Morgan fingerprint density at radius 3 is 2.25 bits per heavy atom. The molecule has 1 fully saturated rings. The summed E-state index contributed by atoms with van der Waals surface area (Å²) < 4.78 is 0. The molecular weight excluding hydrogens is 200 g/mol. The number of nitrogens with zero attached hydrogens (tertiary/aromatic N) is 1. The smallest absolute Gasteiger partial charge is 0.317 e. The van der Waals surface area contributed by atoms with Crippen molar-refractivity contribution in [2.75, 3.05) is 19.6 Å². The molecule has 2 amide bonds. The van der Waals surface area contributed by atoms with Gasteiger partial charge >= 0.3 is 6.03 Å². The molecule has 94 valence electrons. The Morgan fingerprint density at radius 2 is 1.81 bits per heavy atom. The number of hydrogen-bond donors (Lipinski definition) is 1. The van der Waals surface area contributed by atoms with E-state index in [2.05, 4.69) is 33.0 Å². The fraction of sp³-hybridized carbons (Fsp3) is 0.923. The first-order valence-electron chi connectivity index (χ1n) is 6.53. The van der Waals surface area contributed by atoms with E-state index in [1.807, 2.05) is 4.90 Å². The Balaban J connectivity index is 2.27. The van der Waals surface area contributed by atoms with Gasteiger partial charge in [0.25, 0.3) is 0 Å². The molecule has 0 saturated carbocycles. The van der Waals surface area contributed by atoms with Crippen molar-refractivity contribution < 1.29 is 4.79 Å². The van der Waals surface area contributed by atoms with Gasteiger partial charge in [-0.3, -0.25) is 0 Å². The molecule has 0 aromatic heterocycles. The van der Waals surface area contributed by atoms with Crippen molar-refractivity contribution in [3.05, 3.63) is 0 Å². The number of likely N-dealkylation sites (tertiary alicyclic amines) is 1. The quantitative estimate of drug-likeness (QED) is 0.788. The van der Waals surface area contributed by atoms with Crippen LogP contribution in [-0.4, -0.2) is 30.6 Å². The van der Waals surface area contributed by atoms with Crippen LogP contribution in [0.2, 0.25) is 0 Å². The monoisotopic (exact) mass is 226 g/mol. The number of carbonyl (C=O) groups is 1. The van der Waals surface area contributed by atoms with Crippen LogP contribution < -0.4 is 5.32 Å². The zero-order valence-electron chi connectivity index (χ0n) is 11.1. The average molecular weight is 226 g/mol. The molecule has 3 heteroatoms. The molecule has 0 aliphatic carbocycles. The molecule has 0 unspecified atom stereocenters. The van der Waals surface area contributed by atoms with Crippen LogP contribution in [0.3, 0.4) is 0 Å². The Hall–Kier alpha value is -0.730. The van der Waals surface area contributed by atoms with Crippen molar-refractivity contribution >= 4 is 6.03 Å². The summed E-state index contributed by atoms with van der Waals surface area (Å²) in [5.41, 5.74) is 0. The van der Waals surface area contributed by atoms with Gasteiger partial charge in [0.05, 0.1) is 0 Å². The first-order valence-corrected chi connectivity index (χ1v) is 6.53. The third-order valence-electron chi connectivity index (χ3n) is 3.43. The number of carbonyl (C=O) groups excluding carboxylic acids is 1. The molecule has 0 aromatic rings. The maximum absolute atomic E-state index is 11.8. The lowest BCUT2D eigenvalue weighted by molar-refractivity contribution is 0.156. The van der Waals surface area contributed by atoms with Crippen LogP contribution in [0.5, 0.6) is 0 Å². The molecule has 1 aliphatic rings. The normalized spacial score (nSPS) is 18.2. The van der Waals surface area contributed by atoms with Gasteiger partial charge in [-0.15, -0.1) is 0 Å². The van der Waals surface area contributed by atoms with Gasteiger partial charge in [0, 0.05) is 19.6 Å². The van der Waals surface area contributed by atoms with Gasteiger partial charge in [-0.05, 0) is 30.6 Å². The van der Waals surface area contributed by atoms with E-state index in [1.165, 1.54) is 0 Å². The van der Waals surface area contributed by atoms with Crippen molar-refractivity contribution in [1.82, 2.24) is 10.2 Å². The number of amides is 2. The summed E-state index contributed by atoms with van der Waals surface area (Å²) in [7, 11) is 0. The minimum Gasteiger partial charge on any atom is -0.338 e. The Labute approximate surface area is 99.6 Å².